The number of hydrogen-bond donors (Lipinski definition) is 2. The quantitative estimate of drug-likeness (QED) is 0.784. The molecule has 0 radical (unpaired) electrons. The van der Waals surface area contributed by atoms with Gasteiger partial charge in [-0.3, -0.25) is 0 Å². The maximum Gasteiger partial charge on any atom is 0.158 e. The second-order valence-corrected chi connectivity index (χ2v) is 4.85. The zero-order chi connectivity index (χ0) is 13.7. The highest BCUT2D eigenvalue weighted by atomic mass is 16.3. The van der Waals surface area contributed by atoms with Gasteiger partial charge in [0, 0.05) is 5.56 Å². The van der Waals surface area contributed by atoms with Crippen LogP contribution in [0.5, 0.6) is 0 Å². The van der Waals surface area contributed by atoms with Gasteiger partial charge in [0.2, 0.25) is 0 Å². The van der Waals surface area contributed by atoms with Gasteiger partial charge in [-0.25, -0.2) is 0 Å². The smallest absolute Gasteiger partial charge is 0.158 e. The Bertz CT molecular complexity index is 500. The van der Waals surface area contributed by atoms with E-state index in [2.05, 4.69) is 12.2 Å². The summed E-state index contributed by atoms with van der Waals surface area (Å²) in [5, 5.41) is 11.7. The lowest BCUT2D eigenvalue weighted by molar-refractivity contribution is -0.672. The molecule has 1 atom stereocenters. The van der Waals surface area contributed by atoms with Crippen molar-refractivity contribution in [1.29, 1.82) is 0 Å². The van der Waals surface area contributed by atoms with Crippen LogP contribution in [-0.2, 0) is 6.54 Å². The highest BCUT2D eigenvalue weighted by Gasteiger charge is 2.07. The summed E-state index contributed by atoms with van der Waals surface area (Å²) in [5.41, 5.74) is 1.97. The summed E-state index contributed by atoms with van der Waals surface area (Å²) in [6.07, 6.45) is 0.749. The number of aliphatic hydroxyl groups excluding tert-OH is 1. The molecule has 3 N–H and O–H groups in total. The van der Waals surface area contributed by atoms with Gasteiger partial charge < -0.3 is 14.8 Å². The lowest BCUT2D eigenvalue weighted by Gasteiger charge is -2.04. The molecule has 0 fully saturated rings. The molecule has 0 unspecified atom stereocenters. The van der Waals surface area contributed by atoms with Crippen LogP contribution in [0, 0.1) is 0 Å². The topological polar surface area (TPSA) is 50.0 Å². The molecule has 1 heterocycles. The van der Waals surface area contributed by atoms with Crippen molar-refractivity contribution in [3.05, 3.63) is 47.7 Å². The number of hydrogen-bond acceptors (Lipinski definition) is 2. The van der Waals surface area contributed by atoms with Crippen molar-refractivity contribution >= 4 is 0 Å². The van der Waals surface area contributed by atoms with E-state index in [1.54, 1.807) is 6.92 Å². The third kappa shape index (κ3) is 3.69. The largest absolute Gasteiger partial charge is 0.455 e. The molecule has 0 aliphatic heterocycles. The van der Waals surface area contributed by atoms with Gasteiger partial charge >= 0.3 is 0 Å². The first-order valence-electron chi connectivity index (χ1n) is 6.89. The molecule has 19 heavy (non-hydrogen) atoms. The SMILES string of the molecule is CCC[NH2+]Cc1ccc(-c2ccc([C@H](C)O)cc2)o1. The molecule has 2 aromatic rings. The molecule has 0 bridgehead atoms. The average Bonchev–Trinajstić information content (AvgIpc) is 2.88. The third-order valence-corrected chi connectivity index (χ3v) is 3.18. The summed E-state index contributed by atoms with van der Waals surface area (Å²) in [7, 11) is 0. The van der Waals surface area contributed by atoms with Crippen LogP contribution >= 0.6 is 0 Å². The lowest BCUT2D eigenvalue weighted by atomic mass is 10.1. The molecule has 0 saturated carbocycles. The van der Waals surface area contributed by atoms with Gasteiger partial charge in [-0.05, 0) is 31.0 Å². The van der Waals surface area contributed by atoms with Crippen molar-refractivity contribution in [2.45, 2.75) is 32.9 Å². The molecule has 3 nitrogen and oxygen atoms in total. The van der Waals surface area contributed by atoms with Gasteiger partial charge in [0.25, 0.3) is 0 Å². The molecule has 0 spiro atoms. The van der Waals surface area contributed by atoms with E-state index < -0.39 is 6.10 Å². The van der Waals surface area contributed by atoms with E-state index in [4.69, 9.17) is 4.42 Å². The summed E-state index contributed by atoms with van der Waals surface area (Å²) in [4.78, 5) is 0. The number of quaternary nitrogens is 1. The Hall–Kier alpha value is -1.58. The van der Waals surface area contributed by atoms with Crippen molar-refractivity contribution in [2.75, 3.05) is 6.54 Å². The van der Waals surface area contributed by atoms with Gasteiger partial charge in [0.1, 0.15) is 12.3 Å². The van der Waals surface area contributed by atoms with Crippen molar-refractivity contribution in [1.82, 2.24) is 0 Å². The zero-order valence-electron chi connectivity index (χ0n) is 11.6. The predicted molar refractivity (Wildman–Crippen MR) is 75.6 cm³/mol. The van der Waals surface area contributed by atoms with Crippen LogP contribution in [0.1, 0.15) is 37.7 Å². The van der Waals surface area contributed by atoms with E-state index in [-0.39, 0.29) is 0 Å². The fraction of sp³-hybridized carbons (Fsp3) is 0.375. The number of furan rings is 1. The third-order valence-electron chi connectivity index (χ3n) is 3.18. The van der Waals surface area contributed by atoms with Crippen LogP contribution in [0.25, 0.3) is 11.3 Å². The van der Waals surface area contributed by atoms with Gasteiger partial charge in [-0.1, -0.05) is 31.2 Å². The van der Waals surface area contributed by atoms with E-state index in [9.17, 15) is 5.11 Å². The fourth-order valence-corrected chi connectivity index (χ4v) is 2.02. The highest BCUT2D eigenvalue weighted by Crippen LogP contribution is 2.23. The van der Waals surface area contributed by atoms with E-state index in [0.29, 0.717) is 0 Å². The Kier molecular flexibility index (Phi) is 4.77. The minimum Gasteiger partial charge on any atom is -0.455 e. The van der Waals surface area contributed by atoms with Crippen LogP contribution in [-0.4, -0.2) is 11.7 Å². The van der Waals surface area contributed by atoms with Gasteiger partial charge in [0.05, 0.1) is 12.6 Å². The van der Waals surface area contributed by atoms with Crippen LogP contribution in [0.4, 0.5) is 0 Å². The summed E-state index contributed by atoms with van der Waals surface area (Å²) in [5.74, 6) is 1.89. The van der Waals surface area contributed by atoms with Crippen molar-refractivity contribution in [3.8, 4) is 11.3 Å². The molecular weight excluding hydrogens is 238 g/mol. The number of aliphatic hydroxyl groups is 1. The van der Waals surface area contributed by atoms with E-state index in [1.807, 2.05) is 36.4 Å². The number of benzene rings is 1. The fourth-order valence-electron chi connectivity index (χ4n) is 2.02. The molecular formula is C16H22NO2+. The Morgan fingerprint density at radius 3 is 2.53 bits per heavy atom. The molecule has 102 valence electrons. The average molecular weight is 260 g/mol. The monoisotopic (exact) mass is 260 g/mol. The maximum atomic E-state index is 9.48. The molecule has 0 aliphatic rings. The normalized spacial score (nSPS) is 12.6. The van der Waals surface area contributed by atoms with E-state index in [0.717, 1.165) is 35.7 Å². The molecule has 2 rings (SSSR count). The Morgan fingerprint density at radius 2 is 1.89 bits per heavy atom. The van der Waals surface area contributed by atoms with Gasteiger partial charge in [-0.15, -0.1) is 0 Å². The first-order valence-corrected chi connectivity index (χ1v) is 6.89. The van der Waals surface area contributed by atoms with Gasteiger partial charge in [-0.2, -0.15) is 0 Å². The van der Waals surface area contributed by atoms with Gasteiger partial charge in [0.15, 0.2) is 5.76 Å². The van der Waals surface area contributed by atoms with Crippen LogP contribution < -0.4 is 5.32 Å². The maximum absolute atomic E-state index is 9.48. The predicted octanol–water partition coefficient (Wildman–Crippen LogP) is 2.47. The summed E-state index contributed by atoms with van der Waals surface area (Å²) < 4.78 is 5.82. The lowest BCUT2D eigenvalue weighted by Crippen LogP contribution is -2.82. The van der Waals surface area contributed by atoms with Crippen molar-refractivity contribution in [2.24, 2.45) is 0 Å². The zero-order valence-corrected chi connectivity index (χ0v) is 11.6. The second-order valence-electron chi connectivity index (χ2n) is 4.85. The molecule has 0 saturated heterocycles. The van der Waals surface area contributed by atoms with Crippen LogP contribution in [0.2, 0.25) is 0 Å². The van der Waals surface area contributed by atoms with Crippen molar-refractivity contribution in [3.63, 3.8) is 0 Å². The number of nitrogens with two attached hydrogens (primary N) is 1. The van der Waals surface area contributed by atoms with Crippen LogP contribution in [0.15, 0.2) is 40.8 Å². The second kappa shape index (κ2) is 6.55. The minimum atomic E-state index is -0.426. The highest BCUT2D eigenvalue weighted by molar-refractivity contribution is 5.58. The molecule has 3 heteroatoms. The molecule has 1 aromatic carbocycles. The standard InChI is InChI=1S/C16H21NO2/c1-3-10-17-11-15-8-9-16(19-15)14-6-4-13(5-7-14)12(2)18/h4-9,12,17-18H,3,10-11H2,1-2H3/p+1/t12-/m0/s1. The van der Waals surface area contributed by atoms with Crippen molar-refractivity contribution < 1.29 is 14.8 Å². The number of rotatable bonds is 6. The molecule has 0 aliphatic carbocycles. The van der Waals surface area contributed by atoms with E-state index >= 15 is 0 Å². The van der Waals surface area contributed by atoms with Crippen LogP contribution in [0.3, 0.4) is 0 Å². The summed E-state index contributed by atoms with van der Waals surface area (Å²) in [6, 6.07) is 11.9. The molecule has 0 amide bonds. The summed E-state index contributed by atoms with van der Waals surface area (Å²) in [6.45, 7) is 5.95. The van der Waals surface area contributed by atoms with E-state index in [1.165, 1.54) is 6.42 Å². The Morgan fingerprint density at radius 1 is 1.16 bits per heavy atom. The minimum absolute atomic E-state index is 0.426. The molecule has 1 aromatic heterocycles. The first kappa shape index (κ1) is 13.8. The Balaban J connectivity index is 2.05. The summed E-state index contributed by atoms with van der Waals surface area (Å²) >= 11 is 0. The Labute approximate surface area is 114 Å². The first-order chi connectivity index (χ1) is 9.20.